The van der Waals surface area contributed by atoms with Crippen molar-refractivity contribution in [3.05, 3.63) is 101 Å². The highest BCUT2D eigenvalue weighted by Crippen LogP contribution is 2.41. The molecule has 4 rings (SSSR count). The molecule has 0 saturated carbocycles. The molecule has 3 aromatic rings. The number of rotatable bonds is 8. The first-order valence-corrected chi connectivity index (χ1v) is 11.6. The number of para-hydroxylation sites is 1. The highest BCUT2D eigenvalue weighted by Gasteiger charge is 2.46. The Kier molecular flexibility index (Phi) is 7.32. The van der Waals surface area contributed by atoms with Crippen LogP contribution < -0.4 is 4.74 Å². The normalized spacial score (nSPS) is 17.1. The second kappa shape index (κ2) is 10.6. The minimum absolute atomic E-state index is 0.0815. The van der Waals surface area contributed by atoms with Crippen molar-refractivity contribution in [1.82, 2.24) is 4.90 Å². The van der Waals surface area contributed by atoms with E-state index in [1.165, 1.54) is 4.90 Å². The molecule has 1 saturated heterocycles. The molecule has 1 aliphatic heterocycles. The molecule has 1 unspecified atom stereocenters. The fraction of sp³-hybridized carbons (Fsp3) is 0.241. The summed E-state index contributed by atoms with van der Waals surface area (Å²) in [6.07, 6.45) is 0.559. The summed E-state index contributed by atoms with van der Waals surface area (Å²) in [5, 5.41) is 11.4. The number of ether oxygens (including phenoxy) is 2. The fourth-order valence-corrected chi connectivity index (χ4v) is 4.35. The van der Waals surface area contributed by atoms with Crippen molar-refractivity contribution in [2.75, 3.05) is 20.3 Å². The summed E-state index contributed by atoms with van der Waals surface area (Å²) in [6.45, 7) is 4.55. The number of amides is 1. The Morgan fingerprint density at radius 2 is 1.69 bits per heavy atom. The lowest BCUT2D eigenvalue weighted by Crippen LogP contribution is -2.31. The van der Waals surface area contributed by atoms with E-state index in [0.717, 1.165) is 11.1 Å². The van der Waals surface area contributed by atoms with Gasteiger partial charge in [0.1, 0.15) is 17.3 Å². The van der Waals surface area contributed by atoms with Crippen LogP contribution in [0.2, 0.25) is 0 Å². The monoisotopic (exact) mass is 471 g/mol. The van der Waals surface area contributed by atoms with Crippen LogP contribution >= 0.6 is 0 Å². The lowest BCUT2D eigenvalue weighted by molar-refractivity contribution is -0.140. The van der Waals surface area contributed by atoms with Gasteiger partial charge in [-0.05, 0) is 61.7 Å². The third-order valence-electron chi connectivity index (χ3n) is 6.09. The molecule has 1 amide bonds. The van der Waals surface area contributed by atoms with E-state index in [1.807, 2.05) is 86.6 Å². The number of ketones is 1. The smallest absolute Gasteiger partial charge is 0.295 e. The van der Waals surface area contributed by atoms with Crippen LogP contribution in [0, 0.1) is 13.8 Å². The SMILES string of the molecule is COCCCN1C(=O)C(=O)/C(=C(/O)c2cc(C)ccc2C)C1c1cccc(Oc2ccccc2)c1. The number of aryl methyl sites for hydroxylation is 2. The number of nitrogens with zero attached hydrogens (tertiary/aromatic N) is 1. The molecule has 0 aliphatic carbocycles. The largest absolute Gasteiger partial charge is 0.507 e. The predicted octanol–water partition coefficient (Wildman–Crippen LogP) is 5.55. The first-order chi connectivity index (χ1) is 16.9. The van der Waals surface area contributed by atoms with Gasteiger partial charge < -0.3 is 19.5 Å². The molecule has 0 bridgehead atoms. The molecule has 6 heteroatoms. The van der Waals surface area contributed by atoms with E-state index < -0.39 is 17.7 Å². The molecule has 6 nitrogen and oxygen atoms in total. The van der Waals surface area contributed by atoms with E-state index in [4.69, 9.17) is 9.47 Å². The zero-order valence-corrected chi connectivity index (χ0v) is 20.2. The quantitative estimate of drug-likeness (QED) is 0.202. The maximum Gasteiger partial charge on any atom is 0.295 e. The Labute approximate surface area is 205 Å². The second-order valence-electron chi connectivity index (χ2n) is 8.64. The highest BCUT2D eigenvalue weighted by molar-refractivity contribution is 6.46. The van der Waals surface area contributed by atoms with Crippen LogP contribution in [-0.2, 0) is 14.3 Å². The molecule has 1 aliphatic rings. The first kappa shape index (κ1) is 24.2. The highest BCUT2D eigenvalue weighted by atomic mass is 16.5. The summed E-state index contributed by atoms with van der Waals surface area (Å²) in [7, 11) is 1.59. The summed E-state index contributed by atoms with van der Waals surface area (Å²) in [4.78, 5) is 27.9. The summed E-state index contributed by atoms with van der Waals surface area (Å²) in [5.74, 6) is -0.247. The Hall–Kier alpha value is -3.90. The van der Waals surface area contributed by atoms with Crippen molar-refractivity contribution in [2.24, 2.45) is 0 Å². The number of likely N-dealkylation sites (tertiary alicyclic amines) is 1. The van der Waals surface area contributed by atoms with Gasteiger partial charge in [0.15, 0.2) is 0 Å². The van der Waals surface area contributed by atoms with E-state index in [2.05, 4.69) is 0 Å². The number of Topliss-reactive ketones (excluding diaryl/α,β-unsaturated/α-hetero) is 1. The average Bonchev–Trinajstić information content (AvgIpc) is 3.11. The third-order valence-corrected chi connectivity index (χ3v) is 6.09. The molecule has 1 atom stereocenters. The van der Waals surface area contributed by atoms with Crippen molar-refractivity contribution in [2.45, 2.75) is 26.3 Å². The van der Waals surface area contributed by atoms with Gasteiger partial charge in [-0.1, -0.05) is 48.0 Å². The van der Waals surface area contributed by atoms with E-state index >= 15 is 0 Å². The summed E-state index contributed by atoms with van der Waals surface area (Å²) in [6, 6.07) is 21.6. The van der Waals surface area contributed by atoms with Gasteiger partial charge >= 0.3 is 0 Å². The number of hydrogen-bond donors (Lipinski definition) is 1. The molecule has 180 valence electrons. The van der Waals surface area contributed by atoms with E-state index in [9.17, 15) is 14.7 Å². The Bertz CT molecular complexity index is 1270. The van der Waals surface area contributed by atoms with Gasteiger partial charge in [0.25, 0.3) is 11.7 Å². The topological polar surface area (TPSA) is 76.1 Å². The molecule has 0 aromatic heterocycles. The van der Waals surface area contributed by atoms with Crippen LogP contribution in [-0.4, -0.2) is 42.0 Å². The molecule has 3 aromatic carbocycles. The number of carbonyl (C=O) groups is 2. The van der Waals surface area contributed by atoms with E-state index in [-0.39, 0.29) is 11.3 Å². The van der Waals surface area contributed by atoms with Crippen LogP contribution in [0.25, 0.3) is 5.76 Å². The van der Waals surface area contributed by atoms with Crippen LogP contribution in [0.5, 0.6) is 11.5 Å². The minimum Gasteiger partial charge on any atom is -0.507 e. The molecular formula is C29H29NO5. The lowest BCUT2D eigenvalue weighted by Gasteiger charge is -2.25. The molecule has 1 heterocycles. The van der Waals surface area contributed by atoms with Crippen LogP contribution in [0.4, 0.5) is 0 Å². The van der Waals surface area contributed by atoms with Crippen molar-refractivity contribution in [3.8, 4) is 11.5 Å². The van der Waals surface area contributed by atoms with Gasteiger partial charge in [-0.3, -0.25) is 9.59 Å². The van der Waals surface area contributed by atoms with E-state index in [1.54, 1.807) is 7.11 Å². The van der Waals surface area contributed by atoms with Crippen LogP contribution in [0.15, 0.2) is 78.4 Å². The average molecular weight is 472 g/mol. The van der Waals surface area contributed by atoms with Gasteiger partial charge in [0, 0.05) is 25.8 Å². The van der Waals surface area contributed by atoms with Gasteiger partial charge in [0.05, 0.1) is 11.6 Å². The number of aliphatic hydroxyl groups excluding tert-OH is 1. The molecular weight excluding hydrogens is 442 g/mol. The zero-order chi connectivity index (χ0) is 24.9. The van der Waals surface area contributed by atoms with Crippen molar-refractivity contribution < 1.29 is 24.2 Å². The number of benzene rings is 3. The maximum atomic E-state index is 13.2. The number of carbonyl (C=O) groups excluding carboxylic acids is 2. The maximum absolute atomic E-state index is 13.2. The molecule has 1 N–H and O–H groups in total. The molecule has 0 spiro atoms. The van der Waals surface area contributed by atoms with Crippen molar-refractivity contribution in [1.29, 1.82) is 0 Å². The number of aliphatic hydroxyl groups is 1. The number of methoxy groups -OCH3 is 1. The summed E-state index contributed by atoms with van der Waals surface area (Å²) in [5.41, 5.74) is 3.07. The molecule has 1 fully saturated rings. The van der Waals surface area contributed by atoms with Crippen molar-refractivity contribution >= 4 is 17.4 Å². The minimum atomic E-state index is -0.744. The van der Waals surface area contributed by atoms with Gasteiger partial charge in [0.2, 0.25) is 0 Å². The predicted molar refractivity (Wildman–Crippen MR) is 134 cm³/mol. The first-order valence-electron chi connectivity index (χ1n) is 11.6. The Balaban J connectivity index is 1.82. The van der Waals surface area contributed by atoms with Gasteiger partial charge in [-0.15, -0.1) is 0 Å². The number of hydrogen-bond acceptors (Lipinski definition) is 5. The standard InChI is InChI=1S/C29H29NO5/c1-19-13-14-20(2)24(17-19)27(31)25-26(30(15-8-16-34-3)29(33)28(25)32)21-9-7-12-23(18-21)35-22-10-5-4-6-11-22/h4-7,9-14,17-18,26,31H,8,15-16H2,1-3H3/b27-25+. The van der Waals surface area contributed by atoms with Crippen molar-refractivity contribution in [3.63, 3.8) is 0 Å². The Morgan fingerprint density at radius 3 is 2.43 bits per heavy atom. The molecule has 35 heavy (non-hydrogen) atoms. The summed E-state index contributed by atoms with van der Waals surface area (Å²) < 4.78 is 11.2. The van der Waals surface area contributed by atoms with Crippen LogP contribution in [0.3, 0.4) is 0 Å². The van der Waals surface area contributed by atoms with Crippen LogP contribution in [0.1, 0.15) is 34.7 Å². The lowest BCUT2D eigenvalue weighted by atomic mass is 9.93. The third kappa shape index (κ3) is 5.12. The second-order valence-corrected chi connectivity index (χ2v) is 8.64. The summed E-state index contributed by atoms with van der Waals surface area (Å²) >= 11 is 0. The zero-order valence-electron chi connectivity index (χ0n) is 20.2. The van der Waals surface area contributed by atoms with E-state index in [0.29, 0.717) is 42.2 Å². The Morgan fingerprint density at radius 1 is 0.943 bits per heavy atom. The molecule has 0 radical (unpaired) electrons. The van der Waals surface area contributed by atoms with Gasteiger partial charge in [-0.25, -0.2) is 0 Å². The fourth-order valence-electron chi connectivity index (χ4n) is 4.35. The van der Waals surface area contributed by atoms with Gasteiger partial charge in [-0.2, -0.15) is 0 Å².